The zero-order chi connectivity index (χ0) is 13.8. The largest absolute Gasteiger partial charge is 0.472 e. The fourth-order valence-electron chi connectivity index (χ4n) is 1.65. The zero-order valence-electron chi connectivity index (χ0n) is 11.4. The van der Waals surface area contributed by atoms with Gasteiger partial charge in [0.15, 0.2) is 0 Å². The maximum absolute atomic E-state index is 11.7. The molecule has 108 valence electrons. The number of rotatable bonds is 7. The normalized spacial score (nSPS) is 27.9. The third-order valence-corrected chi connectivity index (χ3v) is 3.58. The van der Waals surface area contributed by atoms with Gasteiger partial charge < -0.3 is 14.4 Å². The van der Waals surface area contributed by atoms with Crippen molar-refractivity contribution < 1.29 is 28.0 Å². The van der Waals surface area contributed by atoms with E-state index >= 15 is 0 Å². The van der Waals surface area contributed by atoms with Crippen molar-refractivity contribution in [2.45, 2.75) is 58.5 Å². The number of ether oxygens (including phenoxy) is 2. The molecule has 0 aromatic rings. The van der Waals surface area contributed by atoms with Crippen LogP contribution in [0.2, 0.25) is 0 Å². The lowest BCUT2D eigenvalue weighted by atomic mass is 10.2. The van der Waals surface area contributed by atoms with Crippen LogP contribution in [0.4, 0.5) is 0 Å². The SMILES string of the molecule is CC(C)OC[C@H]1OCCC1OP(=O)(O)OC(C)C. The molecule has 0 radical (unpaired) electrons. The highest BCUT2D eigenvalue weighted by atomic mass is 31.2. The van der Waals surface area contributed by atoms with Crippen LogP contribution >= 0.6 is 7.82 Å². The first-order valence-electron chi connectivity index (χ1n) is 6.23. The molecular formula is C11H23O6P. The summed E-state index contributed by atoms with van der Waals surface area (Å²) in [7, 11) is -4.02. The van der Waals surface area contributed by atoms with Crippen LogP contribution in [0.15, 0.2) is 0 Å². The Bertz CT molecular complexity index is 293. The van der Waals surface area contributed by atoms with Crippen molar-refractivity contribution in [1.29, 1.82) is 0 Å². The van der Waals surface area contributed by atoms with E-state index in [2.05, 4.69) is 0 Å². The Morgan fingerprint density at radius 3 is 2.56 bits per heavy atom. The van der Waals surface area contributed by atoms with Crippen molar-refractivity contribution in [3.8, 4) is 0 Å². The first-order chi connectivity index (χ1) is 8.30. The molecule has 1 rings (SSSR count). The van der Waals surface area contributed by atoms with Crippen molar-refractivity contribution in [2.24, 2.45) is 0 Å². The predicted molar refractivity (Wildman–Crippen MR) is 66.4 cm³/mol. The highest BCUT2D eigenvalue weighted by Crippen LogP contribution is 2.47. The van der Waals surface area contributed by atoms with E-state index in [0.29, 0.717) is 19.6 Å². The van der Waals surface area contributed by atoms with Gasteiger partial charge in [-0.25, -0.2) is 4.57 Å². The van der Waals surface area contributed by atoms with Crippen molar-refractivity contribution in [3.63, 3.8) is 0 Å². The van der Waals surface area contributed by atoms with Crippen LogP contribution in [0.5, 0.6) is 0 Å². The van der Waals surface area contributed by atoms with Gasteiger partial charge in [-0.05, 0) is 27.7 Å². The topological polar surface area (TPSA) is 74.2 Å². The zero-order valence-corrected chi connectivity index (χ0v) is 12.3. The van der Waals surface area contributed by atoms with Crippen LogP contribution in [0.1, 0.15) is 34.1 Å². The summed E-state index contributed by atoms with van der Waals surface area (Å²) in [6, 6.07) is 0. The number of hydrogen-bond acceptors (Lipinski definition) is 5. The van der Waals surface area contributed by atoms with Crippen LogP contribution in [0, 0.1) is 0 Å². The minimum absolute atomic E-state index is 0.0858. The van der Waals surface area contributed by atoms with E-state index in [-0.39, 0.29) is 18.3 Å². The summed E-state index contributed by atoms with van der Waals surface area (Å²) in [5.74, 6) is 0. The van der Waals surface area contributed by atoms with Gasteiger partial charge in [-0.3, -0.25) is 9.05 Å². The Morgan fingerprint density at radius 1 is 1.33 bits per heavy atom. The van der Waals surface area contributed by atoms with E-state index in [4.69, 9.17) is 18.5 Å². The maximum atomic E-state index is 11.7. The lowest BCUT2D eigenvalue weighted by molar-refractivity contribution is -0.0431. The van der Waals surface area contributed by atoms with Crippen LogP contribution in [0.3, 0.4) is 0 Å². The van der Waals surface area contributed by atoms with Gasteiger partial charge in [-0.15, -0.1) is 0 Å². The van der Waals surface area contributed by atoms with Gasteiger partial charge >= 0.3 is 7.82 Å². The van der Waals surface area contributed by atoms with Gasteiger partial charge in [-0.2, -0.15) is 0 Å². The van der Waals surface area contributed by atoms with Gasteiger partial charge in [0.25, 0.3) is 0 Å². The average Bonchev–Trinajstić information content (AvgIpc) is 2.59. The first kappa shape index (κ1) is 16.1. The Morgan fingerprint density at radius 2 is 2.00 bits per heavy atom. The first-order valence-corrected chi connectivity index (χ1v) is 7.72. The molecule has 0 aromatic carbocycles. The third kappa shape index (κ3) is 5.78. The molecule has 1 aliphatic heterocycles. The molecule has 0 saturated carbocycles. The maximum Gasteiger partial charge on any atom is 0.472 e. The predicted octanol–water partition coefficient (Wildman–Crippen LogP) is 2.11. The average molecular weight is 282 g/mol. The van der Waals surface area contributed by atoms with E-state index in [1.165, 1.54) is 0 Å². The van der Waals surface area contributed by atoms with Gasteiger partial charge in [-0.1, -0.05) is 0 Å². The molecule has 1 saturated heterocycles. The standard InChI is InChI=1S/C11H23O6P/c1-8(2)15-7-11-10(5-6-14-11)17-18(12,13)16-9(3)4/h8-11H,5-7H2,1-4H3,(H,12,13)/t10?,11-/m1/s1. The molecule has 0 bridgehead atoms. The van der Waals surface area contributed by atoms with E-state index in [9.17, 15) is 9.46 Å². The molecule has 3 atom stereocenters. The van der Waals surface area contributed by atoms with E-state index < -0.39 is 13.9 Å². The molecule has 0 aromatic heterocycles. The lowest BCUT2D eigenvalue weighted by Crippen LogP contribution is -2.30. The molecule has 1 aliphatic rings. The fourth-order valence-corrected chi connectivity index (χ4v) is 2.82. The molecule has 0 amide bonds. The molecule has 0 spiro atoms. The summed E-state index contributed by atoms with van der Waals surface area (Å²) < 4.78 is 32.5. The Kier molecular flexibility index (Phi) is 6.24. The van der Waals surface area contributed by atoms with E-state index in [1.54, 1.807) is 13.8 Å². The van der Waals surface area contributed by atoms with Gasteiger partial charge in [0.05, 0.1) is 18.8 Å². The summed E-state index contributed by atoms with van der Waals surface area (Å²) >= 11 is 0. The molecule has 6 nitrogen and oxygen atoms in total. The monoisotopic (exact) mass is 282 g/mol. The highest BCUT2D eigenvalue weighted by molar-refractivity contribution is 7.47. The van der Waals surface area contributed by atoms with Crippen LogP contribution in [0.25, 0.3) is 0 Å². The molecule has 2 unspecified atom stereocenters. The quantitative estimate of drug-likeness (QED) is 0.721. The van der Waals surface area contributed by atoms with Crippen molar-refractivity contribution >= 4 is 7.82 Å². The van der Waals surface area contributed by atoms with Crippen LogP contribution in [-0.2, 0) is 23.1 Å². The van der Waals surface area contributed by atoms with Gasteiger partial charge in [0.1, 0.15) is 12.2 Å². The number of phosphoric ester groups is 1. The van der Waals surface area contributed by atoms with Crippen molar-refractivity contribution in [3.05, 3.63) is 0 Å². The van der Waals surface area contributed by atoms with Gasteiger partial charge in [0.2, 0.25) is 0 Å². The third-order valence-electron chi connectivity index (χ3n) is 2.36. The van der Waals surface area contributed by atoms with Crippen LogP contribution in [-0.4, -0.2) is 42.5 Å². The number of hydrogen-bond donors (Lipinski definition) is 1. The Hall–Kier alpha value is 0.0300. The summed E-state index contributed by atoms with van der Waals surface area (Å²) in [6.07, 6.45) is -0.490. The molecule has 7 heteroatoms. The van der Waals surface area contributed by atoms with E-state index in [1.807, 2.05) is 13.8 Å². The second kappa shape index (κ2) is 6.98. The molecule has 1 heterocycles. The minimum atomic E-state index is -4.02. The highest BCUT2D eigenvalue weighted by Gasteiger charge is 2.36. The molecule has 1 N–H and O–H groups in total. The van der Waals surface area contributed by atoms with Crippen molar-refractivity contribution in [2.75, 3.05) is 13.2 Å². The smallest absolute Gasteiger partial charge is 0.376 e. The van der Waals surface area contributed by atoms with Gasteiger partial charge in [0, 0.05) is 13.0 Å². The second-order valence-corrected chi connectivity index (χ2v) is 6.21. The summed E-state index contributed by atoms with van der Waals surface area (Å²) in [5, 5.41) is 0. The Labute approximate surface area is 108 Å². The molecule has 18 heavy (non-hydrogen) atoms. The molecular weight excluding hydrogens is 259 g/mol. The summed E-state index contributed by atoms with van der Waals surface area (Å²) in [6.45, 7) is 8.04. The summed E-state index contributed by atoms with van der Waals surface area (Å²) in [5.41, 5.74) is 0. The summed E-state index contributed by atoms with van der Waals surface area (Å²) in [4.78, 5) is 9.56. The lowest BCUT2D eigenvalue weighted by Gasteiger charge is -2.23. The fraction of sp³-hybridized carbons (Fsp3) is 1.00. The molecule has 0 aliphatic carbocycles. The van der Waals surface area contributed by atoms with E-state index in [0.717, 1.165) is 0 Å². The second-order valence-electron chi connectivity index (χ2n) is 4.85. The Balaban J connectivity index is 2.46. The van der Waals surface area contributed by atoms with Crippen LogP contribution < -0.4 is 0 Å². The van der Waals surface area contributed by atoms with Crippen molar-refractivity contribution in [1.82, 2.24) is 0 Å². The molecule has 1 fully saturated rings. The minimum Gasteiger partial charge on any atom is -0.376 e. The number of phosphoric acid groups is 1.